The van der Waals surface area contributed by atoms with E-state index in [-0.39, 0.29) is 0 Å². The average molecular weight is 252 g/mol. The van der Waals surface area contributed by atoms with Crippen molar-refractivity contribution in [3.05, 3.63) is 11.8 Å². The molecule has 1 aromatic rings. The van der Waals surface area contributed by atoms with Crippen LogP contribution in [0.2, 0.25) is 0 Å². The van der Waals surface area contributed by atoms with Crippen LogP contribution in [0.5, 0.6) is 0 Å². The minimum Gasteiger partial charge on any atom is -0.379 e. The van der Waals surface area contributed by atoms with Crippen LogP contribution in [0, 0.1) is 6.92 Å². The van der Waals surface area contributed by atoms with E-state index >= 15 is 0 Å². The molecule has 1 aliphatic heterocycles. The predicted molar refractivity (Wildman–Crippen MR) is 70.3 cm³/mol. The lowest BCUT2D eigenvalue weighted by Gasteiger charge is -2.26. The maximum absolute atomic E-state index is 5.31. The second kappa shape index (κ2) is 6.48. The van der Waals surface area contributed by atoms with Crippen molar-refractivity contribution in [1.29, 1.82) is 0 Å². The van der Waals surface area contributed by atoms with Gasteiger partial charge < -0.3 is 10.1 Å². The summed E-state index contributed by atoms with van der Waals surface area (Å²) >= 11 is 0. The van der Waals surface area contributed by atoms with Crippen molar-refractivity contribution < 1.29 is 4.74 Å². The number of nitrogen functional groups attached to an aromatic ring is 1. The van der Waals surface area contributed by atoms with Crippen LogP contribution in [0.4, 0.5) is 11.8 Å². The summed E-state index contributed by atoms with van der Waals surface area (Å²) in [5.74, 6) is 6.54. The molecule has 7 nitrogen and oxygen atoms in total. The van der Waals surface area contributed by atoms with Crippen LogP contribution in [-0.4, -0.2) is 54.3 Å². The smallest absolute Gasteiger partial charge is 0.239 e. The van der Waals surface area contributed by atoms with E-state index in [0.29, 0.717) is 5.95 Å². The Hall–Kier alpha value is -1.44. The van der Waals surface area contributed by atoms with Crippen molar-refractivity contribution >= 4 is 11.8 Å². The monoisotopic (exact) mass is 252 g/mol. The van der Waals surface area contributed by atoms with E-state index in [2.05, 4.69) is 25.6 Å². The maximum atomic E-state index is 5.31. The predicted octanol–water partition coefficient (Wildman–Crippen LogP) is -0.185. The van der Waals surface area contributed by atoms with Gasteiger partial charge in [-0.3, -0.25) is 10.3 Å². The van der Waals surface area contributed by atoms with Gasteiger partial charge in [-0.2, -0.15) is 4.98 Å². The van der Waals surface area contributed by atoms with Crippen LogP contribution in [0.1, 0.15) is 5.69 Å². The van der Waals surface area contributed by atoms with Gasteiger partial charge in [-0.25, -0.2) is 10.8 Å². The Morgan fingerprint density at radius 1 is 1.39 bits per heavy atom. The number of anilines is 2. The molecule has 0 atom stereocenters. The molecule has 0 amide bonds. The summed E-state index contributed by atoms with van der Waals surface area (Å²) in [6, 6.07) is 1.90. The zero-order valence-electron chi connectivity index (χ0n) is 10.6. The number of hydrogen-bond acceptors (Lipinski definition) is 7. The molecule has 1 aliphatic rings. The summed E-state index contributed by atoms with van der Waals surface area (Å²) in [5, 5.41) is 3.28. The Morgan fingerprint density at radius 2 is 2.17 bits per heavy atom. The molecule has 0 saturated carbocycles. The number of nitrogens with one attached hydrogen (secondary N) is 2. The number of aryl methyl sites for hydroxylation is 1. The number of hydrogen-bond donors (Lipinski definition) is 3. The molecular formula is C11H20N6O. The number of morpholine rings is 1. The summed E-state index contributed by atoms with van der Waals surface area (Å²) in [6.45, 7) is 7.40. The highest BCUT2D eigenvalue weighted by Gasteiger charge is 2.09. The molecule has 0 unspecified atom stereocenters. The Balaban J connectivity index is 1.80. The molecule has 2 rings (SSSR count). The highest BCUT2D eigenvalue weighted by atomic mass is 16.5. The van der Waals surface area contributed by atoms with E-state index in [1.54, 1.807) is 0 Å². The van der Waals surface area contributed by atoms with E-state index in [0.717, 1.165) is 50.9 Å². The van der Waals surface area contributed by atoms with Gasteiger partial charge >= 0.3 is 0 Å². The summed E-state index contributed by atoms with van der Waals surface area (Å²) in [6.07, 6.45) is 0. The maximum Gasteiger partial charge on any atom is 0.239 e. The largest absolute Gasteiger partial charge is 0.379 e. The van der Waals surface area contributed by atoms with E-state index < -0.39 is 0 Å². The molecule has 1 aromatic heterocycles. The molecule has 0 aliphatic carbocycles. The fourth-order valence-corrected chi connectivity index (χ4v) is 1.89. The van der Waals surface area contributed by atoms with Crippen LogP contribution >= 0.6 is 0 Å². The first-order chi connectivity index (χ1) is 8.78. The van der Waals surface area contributed by atoms with Crippen molar-refractivity contribution in [3.8, 4) is 0 Å². The number of ether oxygens (including phenoxy) is 1. The zero-order valence-corrected chi connectivity index (χ0v) is 10.6. The lowest BCUT2D eigenvalue weighted by atomic mass is 10.4. The second-order valence-corrected chi connectivity index (χ2v) is 4.24. The van der Waals surface area contributed by atoms with Gasteiger partial charge in [-0.05, 0) is 6.92 Å². The first kappa shape index (κ1) is 13.0. The molecule has 0 spiro atoms. The quantitative estimate of drug-likeness (QED) is 0.494. The minimum atomic E-state index is 0.434. The highest BCUT2D eigenvalue weighted by molar-refractivity contribution is 5.41. The third-order valence-corrected chi connectivity index (χ3v) is 2.82. The number of nitrogens with zero attached hydrogens (tertiary/aromatic N) is 3. The number of rotatable bonds is 5. The molecule has 1 fully saturated rings. The fraction of sp³-hybridized carbons (Fsp3) is 0.636. The Labute approximate surface area is 107 Å². The standard InChI is InChI=1S/C11H20N6O/c1-9-8-10(15-11(14-9)16-12)13-2-3-17-4-6-18-7-5-17/h8H,2-7,12H2,1H3,(H2,13,14,15,16). The van der Waals surface area contributed by atoms with E-state index in [1.165, 1.54) is 0 Å². The molecule has 0 radical (unpaired) electrons. The molecule has 7 heteroatoms. The van der Waals surface area contributed by atoms with Crippen molar-refractivity contribution in [1.82, 2.24) is 14.9 Å². The van der Waals surface area contributed by atoms with Gasteiger partial charge in [0.05, 0.1) is 13.2 Å². The van der Waals surface area contributed by atoms with Gasteiger partial charge in [0.15, 0.2) is 0 Å². The minimum absolute atomic E-state index is 0.434. The van der Waals surface area contributed by atoms with Crippen molar-refractivity contribution in [2.24, 2.45) is 5.84 Å². The third-order valence-electron chi connectivity index (χ3n) is 2.82. The summed E-state index contributed by atoms with van der Waals surface area (Å²) in [7, 11) is 0. The van der Waals surface area contributed by atoms with Crippen molar-refractivity contribution in [2.75, 3.05) is 50.1 Å². The van der Waals surface area contributed by atoms with Crippen LogP contribution in [-0.2, 0) is 4.74 Å². The lowest BCUT2D eigenvalue weighted by Crippen LogP contribution is -2.39. The Morgan fingerprint density at radius 3 is 2.89 bits per heavy atom. The Kier molecular flexibility index (Phi) is 4.68. The van der Waals surface area contributed by atoms with Crippen LogP contribution in [0.3, 0.4) is 0 Å². The van der Waals surface area contributed by atoms with Gasteiger partial charge in [-0.15, -0.1) is 0 Å². The van der Waals surface area contributed by atoms with Crippen molar-refractivity contribution in [3.63, 3.8) is 0 Å². The van der Waals surface area contributed by atoms with Gasteiger partial charge in [0, 0.05) is 37.9 Å². The molecular weight excluding hydrogens is 232 g/mol. The molecule has 100 valence electrons. The van der Waals surface area contributed by atoms with E-state index in [4.69, 9.17) is 10.6 Å². The van der Waals surface area contributed by atoms with Gasteiger partial charge in [-0.1, -0.05) is 0 Å². The first-order valence-corrected chi connectivity index (χ1v) is 6.14. The first-order valence-electron chi connectivity index (χ1n) is 6.14. The lowest BCUT2D eigenvalue weighted by molar-refractivity contribution is 0.0398. The topological polar surface area (TPSA) is 88.3 Å². The average Bonchev–Trinajstić information content (AvgIpc) is 2.39. The van der Waals surface area contributed by atoms with Crippen LogP contribution < -0.4 is 16.6 Å². The summed E-state index contributed by atoms with van der Waals surface area (Å²) < 4.78 is 5.31. The van der Waals surface area contributed by atoms with E-state index in [9.17, 15) is 0 Å². The van der Waals surface area contributed by atoms with Crippen LogP contribution in [0.15, 0.2) is 6.07 Å². The zero-order chi connectivity index (χ0) is 12.8. The Bertz CT molecular complexity index is 380. The molecule has 1 saturated heterocycles. The summed E-state index contributed by atoms with van der Waals surface area (Å²) in [4.78, 5) is 10.7. The van der Waals surface area contributed by atoms with Crippen LogP contribution in [0.25, 0.3) is 0 Å². The SMILES string of the molecule is Cc1cc(NCCN2CCOCC2)nc(NN)n1. The highest BCUT2D eigenvalue weighted by Crippen LogP contribution is 2.08. The second-order valence-electron chi connectivity index (χ2n) is 4.24. The van der Waals surface area contributed by atoms with E-state index in [1.807, 2.05) is 13.0 Å². The molecule has 0 aromatic carbocycles. The van der Waals surface area contributed by atoms with Gasteiger partial charge in [0.25, 0.3) is 0 Å². The number of nitrogens with two attached hydrogens (primary N) is 1. The van der Waals surface area contributed by atoms with Crippen molar-refractivity contribution in [2.45, 2.75) is 6.92 Å². The number of hydrazine groups is 1. The molecule has 4 N–H and O–H groups in total. The molecule has 2 heterocycles. The third kappa shape index (κ3) is 3.80. The molecule has 18 heavy (non-hydrogen) atoms. The van der Waals surface area contributed by atoms with Gasteiger partial charge in [0.2, 0.25) is 5.95 Å². The molecule has 0 bridgehead atoms. The normalized spacial score (nSPS) is 16.6. The summed E-state index contributed by atoms with van der Waals surface area (Å²) in [5.41, 5.74) is 3.34. The number of aromatic nitrogens is 2. The van der Waals surface area contributed by atoms with Gasteiger partial charge in [0.1, 0.15) is 5.82 Å². The fourth-order valence-electron chi connectivity index (χ4n) is 1.89.